The molecular formula is C18H18N2O5S. The van der Waals surface area contributed by atoms with Crippen molar-refractivity contribution in [3.63, 3.8) is 0 Å². The molecule has 0 spiro atoms. The Morgan fingerprint density at radius 3 is 2.42 bits per heavy atom. The van der Waals surface area contributed by atoms with Crippen LogP contribution in [0.1, 0.15) is 11.1 Å². The third-order valence-corrected chi connectivity index (χ3v) is 3.82. The molecule has 3 N–H and O–H groups in total. The second kappa shape index (κ2) is 8.24. The number of nitrogens with zero attached hydrogens (tertiary/aromatic N) is 1. The van der Waals surface area contributed by atoms with Gasteiger partial charge in [0.2, 0.25) is 11.6 Å². The summed E-state index contributed by atoms with van der Waals surface area (Å²) in [7, 11) is 2.84. The zero-order valence-corrected chi connectivity index (χ0v) is 15.1. The lowest BCUT2D eigenvalue weighted by Gasteiger charge is -2.09. The minimum absolute atomic E-state index is 0.00871. The van der Waals surface area contributed by atoms with Crippen molar-refractivity contribution >= 4 is 24.4 Å². The first-order valence-electron chi connectivity index (χ1n) is 7.47. The zero-order chi connectivity index (χ0) is 19.3. The van der Waals surface area contributed by atoms with Crippen LogP contribution in [0.3, 0.4) is 0 Å². The minimum Gasteiger partial charge on any atom is -0.502 e. The number of benzene rings is 1. The number of methoxy groups -OCH3 is 2. The number of hydrogen-bond acceptors (Lipinski definition) is 6. The number of aromatic amines is 1. The number of phenols is 1. The Balaban J connectivity index is 2.51. The predicted molar refractivity (Wildman–Crippen MR) is 101 cm³/mol. The summed E-state index contributed by atoms with van der Waals surface area (Å²) in [6.07, 6.45) is 4.42. The second-order valence-electron chi connectivity index (χ2n) is 5.13. The number of aromatic nitrogens is 2. The predicted octanol–water partition coefficient (Wildman–Crippen LogP) is 2.85. The van der Waals surface area contributed by atoms with E-state index in [1.807, 2.05) is 0 Å². The number of H-pyrrole nitrogens is 1. The number of hydrogen-bond donors (Lipinski definition) is 3. The van der Waals surface area contributed by atoms with Gasteiger partial charge in [0.15, 0.2) is 16.3 Å². The molecule has 0 bridgehead atoms. The van der Waals surface area contributed by atoms with Gasteiger partial charge in [0.05, 0.1) is 14.2 Å². The number of nitrogens with one attached hydrogen (secondary N) is 1. The summed E-state index contributed by atoms with van der Waals surface area (Å²) >= 11 is 5.01. The lowest BCUT2D eigenvalue weighted by molar-refractivity contribution is 0.340. The molecule has 0 aliphatic carbocycles. The smallest absolute Gasteiger partial charge is 0.263 e. The summed E-state index contributed by atoms with van der Waals surface area (Å²) in [6.45, 7) is 3.83. The highest BCUT2D eigenvalue weighted by atomic mass is 32.1. The van der Waals surface area contributed by atoms with Crippen LogP contribution in [0.15, 0.2) is 35.3 Å². The number of allylic oxidation sites excluding steroid dienone is 1. The molecular weight excluding hydrogens is 356 g/mol. The molecule has 0 unspecified atom stereocenters. The normalized spacial score (nSPS) is 9.92. The monoisotopic (exact) mass is 374 g/mol. The molecule has 136 valence electrons. The zero-order valence-electron chi connectivity index (χ0n) is 14.3. The topological polar surface area (TPSA) is 96.7 Å². The van der Waals surface area contributed by atoms with Crippen LogP contribution < -0.4 is 15.0 Å². The Kier molecular flexibility index (Phi) is 6.06. The molecule has 0 saturated heterocycles. The highest BCUT2D eigenvalue weighted by Gasteiger charge is 2.10. The molecule has 1 aromatic carbocycles. The van der Waals surface area contributed by atoms with E-state index in [0.29, 0.717) is 5.56 Å². The third-order valence-electron chi connectivity index (χ3n) is 3.50. The summed E-state index contributed by atoms with van der Waals surface area (Å²) in [5, 5.41) is 20.2. The average molecular weight is 374 g/mol. The molecule has 26 heavy (non-hydrogen) atoms. The summed E-state index contributed by atoms with van der Waals surface area (Å²) in [5.74, 6) is 0.0758. The summed E-state index contributed by atoms with van der Waals surface area (Å²) < 4.78 is 11.6. The fourth-order valence-electron chi connectivity index (χ4n) is 2.22. The van der Waals surface area contributed by atoms with Crippen LogP contribution >= 0.6 is 12.2 Å². The van der Waals surface area contributed by atoms with E-state index in [1.165, 1.54) is 24.9 Å². The van der Waals surface area contributed by atoms with Crippen LogP contribution in [-0.2, 0) is 6.54 Å². The van der Waals surface area contributed by atoms with Crippen LogP contribution in [-0.4, -0.2) is 34.0 Å². The third kappa shape index (κ3) is 3.88. The second-order valence-corrected chi connectivity index (χ2v) is 5.51. The van der Waals surface area contributed by atoms with E-state index >= 15 is 0 Å². The van der Waals surface area contributed by atoms with Crippen molar-refractivity contribution in [2.75, 3.05) is 14.2 Å². The lowest BCUT2D eigenvalue weighted by Crippen LogP contribution is -2.16. The molecule has 2 aromatic rings. The molecule has 0 aliphatic rings. The van der Waals surface area contributed by atoms with Crippen LogP contribution in [0.5, 0.6) is 23.1 Å². The van der Waals surface area contributed by atoms with E-state index in [0.717, 1.165) is 0 Å². The van der Waals surface area contributed by atoms with Crippen LogP contribution in [0.4, 0.5) is 0 Å². The van der Waals surface area contributed by atoms with E-state index < -0.39 is 5.56 Å². The van der Waals surface area contributed by atoms with Crippen LogP contribution in [0.2, 0.25) is 0 Å². The summed E-state index contributed by atoms with van der Waals surface area (Å²) in [4.78, 5) is 14.5. The van der Waals surface area contributed by atoms with E-state index in [1.54, 1.807) is 24.3 Å². The maximum absolute atomic E-state index is 12.0. The fraction of sp³-hybridized carbons (Fsp3) is 0.167. The van der Waals surface area contributed by atoms with E-state index in [-0.39, 0.29) is 40.0 Å². The van der Waals surface area contributed by atoms with Gasteiger partial charge in [-0.1, -0.05) is 6.08 Å². The standard InChI is InChI=1S/C18H18N2O5S/c1-4-8-20-17(23)12(16(22)19-18(20)26)7-5-6-11-9-13(24-2)15(21)14(10-11)25-3/h4,6-7,9-10,21,23H,1,8H2,2-3H3,(H,19,22,26). The van der Waals surface area contributed by atoms with E-state index in [2.05, 4.69) is 17.3 Å². The molecule has 2 rings (SSSR count). The van der Waals surface area contributed by atoms with Crippen molar-refractivity contribution in [1.82, 2.24) is 9.55 Å². The molecule has 1 heterocycles. The van der Waals surface area contributed by atoms with Crippen molar-refractivity contribution in [3.05, 3.63) is 56.8 Å². The van der Waals surface area contributed by atoms with Crippen LogP contribution in [0, 0.1) is 4.77 Å². The first kappa shape index (κ1) is 19.1. The molecule has 0 saturated carbocycles. The first-order chi connectivity index (χ1) is 12.4. The molecule has 0 fully saturated rings. The van der Waals surface area contributed by atoms with Crippen molar-refractivity contribution in [2.45, 2.75) is 6.54 Å². The Labute approximate surface area is 154 Å². The highest BCUT2D eigenvalue weighted by molar-refractivity contribution is 7.71. The Hall–Kier alpha value is -3.22. The Bertz CT molecular complexity index is 988. The van der Waals surface area contributed by atoms with Gasteiger partial charge in [-0.25, -0.2) is 0 Å². The number of phenolic OH excluding ortho intramolecular Hbond substituents is 1. The Morgan fingerprint density at radius 1 is 1.27 bits per heavy atom. The van der Waals surface area contributed by atoms with Crippen molar-refractivity contribution in [2.24, 2.45) is 0 Å². The maximum atomic E-state index is 12.0. The van der Waals surface area contributed by atoms with Crippen LogP contribution in [0.25, 0.3) is 12.2 Å². The largest absolute Gasteiger partial charge is 0.502 e. The van der Waals surface area contributed by atoms with Gasteiger partial charge < -0.3 is 19.7 Å². The van der Waals surface area contributed by atoms with Gasteiger partial charge in [0.25, 0.3) is 5.56 Å². The number of aromatic hydroxyl groups is 2. The molecule has 0 aliphatic heterocycles. The molecule has 1 aromatic heterocycles. The van der Waals surface area contributed by atoms with Gasteiger partial charge in [-0.05, 0) is 42.1 Å². The average Bonchev–Trinajstić information content (AvgIpc) is 2.62. The molecule has 8 heteroatoms. The highest BCUT2D eigenvalue weighted by Crippen LogP contribution is 2.37. The van der Waals surface area contributed by atoms with Gasteiger partial charge in [-0.2, -0.15) is 0 Å². The Morgan fingerprint density at radius 2 is 1.88 bits per heavy atom. The maximum Gasteiger partial charge on any atom is 0.263 e. The van der Waals surface area contributed by atoms with Gasteiger partial charge in [-0.15, -0.1) is 12.3 Å². The summed E-state index contributed by atoms with van der Waals surface area (Å²) in [6, 6.07) is 3.15. The molecule has 0 atom stereocenters. The van der Waals surface area contributed by atoms with Gasteiger partial charge >= 0.3 is 0 Å². The first-order valence-corrected chi connectivity index (χ1v) is 7.88. The van der Waals surface area contributed by atoms with Crippen molar-refractivity contribution in [1.29, 1.82) is 0 Å². The van der Waals surface area contributed by atoms with Gasteiger partial charge in [0, 0.05) is 6.54 Å². The molecule has 0 amide bonds. The van der Waals surface area contributed by atoms with Crippen molar-refractivity contribution < 1.29 is 19.7 Å². The number of ether oxygens (including phenoxy) is 2. The SMILES string of the molecule is C=CCn1c(O)c(C=C=Cc2cc(OC)c(O)c(OC)c2)c(=O)[nH]c1=S. The molecule has 0 radical (unpaired) electrons. The molecule has 7 nitrogen and oxygen atoms in total. The van der Waals surface area contributed by atoms with E-state index in [9.17, 15) is 15.0 Å². The lowest BCUT2D eigenvalue weighted by atomic mass is 10.1. The van der Waals surface area contributed by atoms with Gasteiger partial charge in [0.1, 0.15) is 5.56 Å². The van der Waals surface area contributed by atoms with Gasteiger partial charge in [-0.3, -0.25) is 14.3 Å². The summed E-state index contributed by atoms with van der Waals surface area (Å²) in [5.41, 5.74) is 2.90. The fourth-order valence-corrected chi connectivity index (χ4v) is 2.48. The van der Waals surface area contributed by atoms with E-state index in [4.69, 9.17) is 21.7 Å². The minimum atomic E-state index is -0.533. The quantitative estimate of drug-likeness (QED) is 0.409. The van der Waals surface area contributed by atoms with Crippen molar-refractivity contribution in [3.8, 4) is 23.1 Å². The number of rotatable bonds is 6.